The molecule has 2 aliphatic rings. The summed E-state index contributed by atoms with van der Waals surface area (Å²) >= 11 is 0. The summed E-state index contributed by atoms with van der Waals surface area (Å²) in [4.78, 5) is 22.0. The zero-order chi connectivity index (χ0) is 15.1. The van der Waals surface area contributed by atoms with E-state index in [1.54, 1.807) is 0 Å². The molecule has 2 aliphatic heterocycles. The molecule has 0 bridgehead atoms. The lowest BCUT2D eigenvalue weighted by Gasteiger charge is -2.23. The Bertz CT molecular complexity index is 708. The number of fused-ring (bicyclic) bond motifs is 2. The second-order valence-electron chi connectivity index (χ2n) is 6.74. The van der Waals surface area contributed by atoms with Gasteiger partial charge in [0.1, 0.15) is 5.82 Å². The van der Waals surface area contributed by atoms with Crippen LogP contribution in [0.15, 0.2) is 18.2 Å². The standard InChI is InChI=1S/C17H22N4O/c1-11-2-3-14-15(6-11)20-16(19-14)4-5-21-9-12-7-17(22)18-8-13(12)10-21/h2-3,6,12-13H,4-5,7-10H2,1H3,(H,18,22)(H,19,20)/t12-,13+/m1/s1. The Labute approximate surface area is 130 Å². The topological polar surface area (TPSA) is 61.0 Å². The number of amides is 1. The van der Waals surface area contributed by atoms with E-state index in [9.17, 15) is 4.79 Å². The largest absolute Gasteiger partial charge is 0.356 e. The molecule has 2 atom stereocenters. The third-order valence-electron chi connectivity index (χ3n) is 5.01. The molecule has 0 aliphatic carbocycles. The highest BCUT2D eigenvalue weighted by atomic mass is 16.1. The summed E-state index contributed by atoms with van der Waals surface area (Å²) in [5, 5.41) is 2.99. The summed E-state index contributed by atoms with van der Waals surface area (Å²) in [6, 6.07) is 6.32. The van der Waals surface area contributed by atoms with Crippen LogP contribution in [-0.4, -0.2) is 47.0 Å². The van der Waals surface area contributed by atoms with Gasteiger partial charge in [-0.05, 0) is 36.5 Å². The second-order valence-corrected chi connectivity index (χ2v) is 6.74. The molecule has 3 heterocycles. The van der Waals surface area contributed by atoms with Gasteiger partial charge < -0.3 is 15.2 Å². The summed E-state index contributed by atoms with van der Waals surface area (Å²) in [5.41, 5.74) is 3.42. The summed E-state index contributed by atoms with van der Waals surface area (Å²) in [5.74, 6) is 2.46. The first-order valence-corrected chi connectivity index (χ1v) is 8.12. The van der Waals surface area contributed by atoms with Crippen molar-refractivity contribution in [1.82, 2.24) is 20.2 Å². The lowest BCUT2D eigenvalue weighted by atomic mass is 9.89. The number of carbonyl (C=O) groups is 1. The Kier molecular flexibility index (Phi) is 3.37. The molecule has 1 amide bonds. The predicted octanol–water partition coefficient (Wildman–Crippen LogP) is 1.48. The number of rotatable bonds is 3. The van der Waals surface area contributed by atoms with E-state index < -0.39 is 0 Å². The minimum absolute atomic E-state index is 0.218. The minimum Gasteiger partial charge on any atom is -0.356 e. The SMILES string of the molecule is Cc1ccc2nc(CCN3C[C@H]4CC(=O)NC[C@H]4C3)[nH]c2c1. The molecule has 5 heteroatoms. The fourth-order valence-electron chi connectivity index (χ4n) is 3.79. The molecule has 0 saturated carbocycles. The molecule has 22 heavy (non-hydrogen) atoms. The van der Waals surface area contributed by atoms with Gasteiger partial charge in [0, 0.05) is 39.0 Å². The Hall–Kier alpha value is -1.88. The van der Waals surface area contributed by atoms with Gasteiger partial charge in [-0.25, -0.2) is 4.98 Å². The number of benzene rings is 1. The van der Waals surface area contributed by atoms with Crippen molar-refractivity contribution < 1.29 is 4.79 Å². The van der Waals surface area contributed by atoms with E-state index in [1.807, 2.05) is 0 Å². The summed E-state index contributed by atoms with van der Waals surface area (Å²) in [7, 11) is 0. The van der Waals surface area contributed by atoms with Crippen LogP contribution in [0, 0.1) is 18.8 Å². The van der Waals surface area contributed by atoms with Crippen LogP contribution in [-0.2, 0) is 11.2 Å². The van der Waals surface area contributed by atoms with E-state index in [-0.39, 0.29) is 5.91 Å². The molecule has 116 valence electrons. The molecule has 1 aromatic carbocycles. The molecule has 1 aromatic heterocycles. The fraction of sp³-hybridized carbons (Fsp3) is 0.529. The van der Waals surface area contributed by atoms with Gasteiger partial charge in [-0.15, -0.1) is 0 Å². The van der Waals surface area contributed by atoms with Crippen molar-refractivity contribution in [3.05, 3.63) is 29.6 Å². The summed E-state index contributed by atoms with van der Waals surface area (Å²) in [6.45, 7) is 6.12. The van der Waals surface area contributed by atoms with Crippen molar-refractivity contribution >= 4 is 16.9 Å². The average molecular weight is 298 g/mol. The number of nitrogens with zero attached hydrogens (tertiary/aromatic N) is 2. The van der Waals surface area contributed by atoms with Gasteiger partial charge in [-0.3, -0.25) is 4.79 Å². The average Bonchev–Trinajstić information content (AvgIpc) is 3.07. The lowest BCUT2D eigenvalue weighted by Crippen LogP contribution is -2.39. The maximum atomic E-state index is 11.5. The number of nitrogens with one attached hydrogen (secondary N) is 2. The van der Waals surface area contributed by atoms with E-state index in [4.69, 9.17) is 0 Å². The first kappa shape index (κ1) is 13.8. The number of piperidine rings is 1. The molecule has 0 radical (unpaired) electrons. The Morgan fingerprint density at radius 1 is 1.32 bits per heavy atom. The van der Waals surface area contributed by atoms with E-state index >= 15 is 0 Å². The minimum atomic E-state index is 0.218. The fourth-order valence-corrected chi connectivity index (χ4v) is 3.79. The monoisotopic (exact) mass is 298 g/mol. The third kappa shape index (κ3) is 2.61. The molecular formula is C17H22N4O. The Morgan fingerprint density at radius 3 is 3.09 bits per heavy atom. The van der Waals surface area contributed by atoms with Crippen molar-refractivity contribution in [2.45, 2.75) is 19.8 Å². The Balaban J connectivity index is 1.39. The number of imidazole rings is 1. The number of aromatic nitrogens is 2. The van der Waals surface area contributed by atoms with Crippen molar-refractivity contribution in [2.75, 3.05) is 26.2 Å². The maximum Gasteiger partial charge on any atom is 0.220 e. The molecule has 2 fully saturated rings. The highest BCUT2D eigenvalue weighted by Gasteiger charge is 2.36. The highest BCUT2D eigenvalue weighted by Crippen LogP contribution is 2.28. The van der Waals surface area contributed by atoms with Gasteiger partial charge in [0.05, 0.1) is 11.0 Å². The van der Waals surface area contributed by atoms with Crippen LogP contribution in [0.3, 0.4) is 0 Å². The van der Waals surface area contributed by atoms with Gasteiger partial charge in [-0.1, -0.05) is 6.07 Å². The third-order valence-corrected chi connectivity index (χ3v) is 5.01. The molecule has 2 N–H and O–H groups in total. The Morgan fingerprint density at radius 2 is 2.18 bits per heavy atom. The normalized spacial score (nSPS) is 25.4. The molecular weight excluding hydrogens is 276 g/mol. The van der Waals surface area contributed by atoms with Gasteiger partial charge >= 0.3 is 0 Å². The number of likely N-dealkylation sites (tertiary alicyclic amines) is 1. The zero-order valence-corrected chi connectivity index (χ0v) is 12.9. The lowest BCUT2D eigenvalue weighted by molar-refractivity contribution is -0.124. The quantitative estimate of drug-likeness (QED) is 0.902. The smallest absolute Gasteiger partial charge is 0.220 e. The van der Waals surface area contributed by atoms with Crippen molar-refractivity contribution in [1.29, 1.82) is 0 Å². The van der Waals surface area contributed by atoms with E-state index in [0.717, 1.165) is 49.5 Å². The van der Waals surface area contributed by atoms with Crippen molar-refractivity contribution in [3.8, 4) is 0 Å². The predicted molar refractivity (Wildman–Crippen MR) is 85.6 cm³/mol. The first-order valence-electron chi connectivity index (χ1n) is 8.12. The van der Waals surface area contributed by atoms with Gasteiger partial charge in [0.2, 0.25) is 5.91 Å². The van der Waals surface area contributed by atoms with Crippen LogP contribution in [0.4, 0.5) is 0 Å². The van der Waals surface area contributed by atoms with Crippen LogP contribution in [0.2, 0.25) is 0 Å². The number of carbonyl (C=O) groups excluding carboxylic acids is 1. The van der Waals surface area contributed by atoms with E-state index in [1.165, 1.54) is 5.56 Å². The van der Waals surface area contributed by atoms with Gasteiger partial charge in [-0.2, -0.15) is 0 Å². The van der Waals surface area contributed by atoms with Crippen LogP contribution < -0.4 is 5.32 Å². The zero-order valence-electron chi connectivity index (χ0n) is 12.9. The van der Waals surface area contributed by atoms with Crippen LogP contribution in [0.5, 0.6) is 0 Å². The van der Waals surface area contributed by atoms with Crippen LogP contribution in [0.1, 0.15) is 17.8 Å². The molecule has 5 nitrogen and oxygen atoms in total. The van der Waals surface area contributed by atoms with Crippen LogP contribution >= 0.6 is 0 Å². The molecule has 2 aromatic rings. The van der Waals surface area contributed by atoms with Crippen molar-refractivity contribution in [2.24, 2.45) is 11.8 Å². The highest BCUT2D eigenvalue weighted by molar-refractivity contribution is 5.77. The number of H-pyrrole nitrogens is 1. The van der Waals surface area contributed by atoms with E-state index in [2.05, 4.69) is 45.3 Å². The number of aromatic amines is 1. The molecule has 0 spiro atoms. The summed E-state index contributed by atoms with van der Waals surface area (Å²) in [6.07, 6.45) is 1.64. The maximum absolute atomic E-state index is 11.5. The first-order chi connectivity index (χ1) is 10.7. The van der Waals surface area contributed by atoms with Crippen LogP contribution in [0.25, 0.3) is 11.0 Å². The van der Waals surface area contributed by atoms with Gasteiger partial charge in [0.25, 0.3) is 0 Å². The number of hydrogen-bond acceptors (Lipinski definition) is 3. The van der Waals surface area contributed by atoms with Gasteiger partial charge in [0.15, 0.2) is 0 Å². The number of aryl methyl sites for hydroxylation is 1. The number of hydrogen-bond donors (Lipinski definition) is 2. The molecule has 0 unspecified atom stereocenters. The summed E-state index contributed by atoms with van der Waals surface area (Å²) < 4.78 is 0. The van der Waals surface area contributed by atoms with E-state index in [0.29, 0.717) is 18.3 Å². The van der Waals surface area contributed by atoms with Crippen molar-refractivity contribution in [3.63, 3.8) is 0 Å². The second kappa shape index (κ2) is 5.39. The molecule has 4 rings (SSSR count). The molecule has 2 saturated heterocycles.